The number of aliphatic hydroxyl groups is 1. The van der Waals surface area contributed by atoms with Gasteiger partial charge in [-0.2, -0.15) is 0 Å². The van der Waals surface area contributed by atoms with Crippen LogP contribution in [0.25, 0.3) is 6.08 Å². The number of rotatable bonds is 16. The third-order valence-corrected chi connectivity index (χ3v) is 6.01. The highest BCUT2D eigenvalue weighted by molar-refractivity contribution is 6.07. The maximum absolute atomic E-state index is 12.5. The van der Waals surface area contributed by atoms with Crippen molar-refractivity contribution in [2.45, 2.75) is 49.8 Å². The lowest BCUT2D eigenvalue weighted by atomic mass is 9.95. The lowest BCUT2D eigenvalue weighted by Crippen LogP contribution is -2.78. The Morgan fingerprint density at radius 3 is 2.49 bits per heavy atom. The molecule has 1 aromatic rings. The van der Waals surface area contributed by atoms with E-state index in [1.807, 2.05) is 0 Å². The van der Waals surface area contributed by atoms with Gasteiger partial charge in [-0.3, -0.25) is 30.8 Å². The molecule has 43 heavy (non-hydrogen) atoms. The van der Waals surface area contributed by atoms with Gasteiger partial charge in [0.1, 0.15) is 17.3 Å². The van der Waals surface area contributed by atoms with Gasteiger partial charge in [-0.15, -0.1) is 0 Å². The number of phenolic OH excluding ortho intramolecular Hbond substituents is 1. The summed E-state index contributed by atoms with van der Waals surface area (Å²) < 4.78 is 5.34. The van der Waals surface area contributed by atoms with Gasteiger partial charge >= 0.3 is 5.96 Å². The first-order chi connectivity index (χ1) is 20.1. The number of hydrogen-bond donors (Lipinski definition) is 8. The number of amides is 3. The summed E-state index contributed by atoms with van der Waals surface area (Å²) in [4.78, 5) is 72.9. The second-order valence-corrected chi connectivity index (χ2v) is 9.43. The minimum absolute atomic E-state index is 0.0262. The van der Waals surface area contributed by atoms with Crippen molar-refractivity contribution in [3.63, 3.8) is 0 Å². The number of aliphatic carboxylic acids is 3. The van der Waals surface area contributed by atoms with Gasteiger partial charge < -0.3 is 60.6 Å². The Morgan fingerprint density at radius 1 is 1.19 bits per heavy atom. The second-order valence-electron chi connectivity index (χ2n) is 9.43. The molecule has 0 aromatic heterocycles. The number of piperazine rings is 1. The summed E-state index contributed by atoms with van der Waals surface area (Å²) in [5.41, 5.74) is 7.87. The number of ether oxygens (including phenoxy) is 1. The maximum Gasteiger partial charge on any atom is 0.338 e. The monoisotopic (exact) mass is 606 g/mol. The average molecular weight is 607 g/mol. The van der Waals surface area contributed by atoms with Gasteiger partial charge in [0.25, 0.3) is 5.91 Å². The Hall–Kier alpha value is -5.39. The summed E-state index contributed by atoms with van der Waals surface area (Å²) in [6.45, 7) is -0.224. The molecule has 1 fully saturated rings. The van der Waals surface area contributed by atoms with Crippen molar-refractivity contribution in [1.29, 1.82) is 0 Å². The number of aromatic hydroxyl groups is 1. The third-order valence-electron chi connectivity index (χ3n) is 6.01. The standard InChI is InChI=1S/C25H32N6O12/c26-24(27)28-6-1-2-13-20(36)31-14(21(37)30-13)8-12-3-4-16(32)17(9-12)43-7-5-25(42,23(40)41)11-18(33)29-15(22(38)39)10-19(34)35/h3-4,8-9,13,15,32,42H,1-2,5-7,10-11H2,(H,29,33)(H,30,37)(H,31,36)(H,34,35)(H,38,39)(H,40,41)(H4,26,27,28)/p-2/b14-8-/t13-,15-,25-/m0/s1. The number of hydrogen-bond acceptors (Lipinski definition) is 12. The van der Waals surface area contributed by atoms with E-state index >= 15 is 0 Å². The highest BCUT2D eigenvalue weighted by Crippen LogP contribution is 2.29. The molecule has 18 heteroatoms. The summed E-state index contributed by atoms with van der Waals surface area (Å²) in [5, 5.41) is 60.5. The smallest absolute Gasteiger partial charge is 0.338 e. The van der Waals surface area contributed by atoms with Crippen LogP contribution in [0.5, 0.6) is 11.5 Å². The fourth-order valence-electron chi connectivity index (χ4n) is 3.79. The summed E-state index contributed by atoms with van der Waals surface area (Å²) in [7, 11) is 0. The molecular weight excluding hydrogens is 576 g/mol. The van der Waals surface area contributed by atoms with Crippen LogP contribution in [0.3, 0.4) is 0 Å². The number of guanidine groups is 1. The molecule has 1 aliphatic rings. The summed E-state index contributed by atoms with van der Waals surface area (Å²) in [6, 6.07) is 0.947. The van der Waals surface area contributed by atoms with Gasteiger partial charge in [0, 0.05) is 18.8 Å². The number of carboxylic acid groups (broad SMARTS) is 3. The van der Waals surface area contributed by atoms with Gasteiger partial charge in [0.2, 0.25) is 11.8 Å². The van der Waals surface area contributed by atoms with E-state index in [1.165, 1.54) is 24.3 Å². The number of benzene rings is 1. The first-order valence-electron chi connectivity index (χ1n) is 12.7. The minimum Gasteiger partial charge on any atom is -0.550 e. The van der Waals surface area contributed by atoms with Crippen LogP contribution in [-0.4, -0.2) is 82.6 Å². The average Bonchev–Trinajstić information content (AvgIpc) is 2.89. The molecular formula is C25H30N6O12-2. The molecule has 1 saturated heterocycles. The lowest BCUT2D eigenvalue weighted by Gasteiger charge is -2.30. The van der Waals surface area contributed by atoms with Crippen LogP contribution in [0.2, 0.25) is 0 Å². The van der Waals surface area contributed by atoms with Crippen LogP contribution < -0.4 is 52.5 Å². The van der Waals surface area contributed by atoms with E-state index in [-0.39, 0.29) is 23.0 Å². The number of carbonyl (C=O) groups is 6. The predicted octanol–water partition coefficient (Wildman–Crippen LogP) is -8.50. The summed E-state index contributed by atoms with van der Waals surface area (Å²) in [5.74, 6) is -8.95. The van der Waals surface area contributed by atoms with E-state index in [2.05, 4.69) is 15.6 Å². The summed E-state index contributed by atoms with van der Waals surface area (Å²) >= 11 is 0. The number of carboxylic acids is 3. The van der Waals surface area contributed by atoms with Crippen LogP contribution in [0, 0.1) is 0 Å². The third kappa shape index (κ3) is 10.5. The van der Waals surface area contributed by atoms with E-state index in [9.17, 15) is 54.3 Å². The first-order valence-corrected chi connectivity index (χ1v) is 12.7. The molecule has 1 aromatic carbocycles. The Morgan fingerprint density at radius 2 is 1.88 bits per heavy atom. The number of nitrogens with one attached hydrogen (secondary N) is 4. The highest BCUT2D eigenvalue weighted by atomic mass is 16.5. The van der Waals surface area contributed by atoms with E-state index in [1.54, 1.807) is 5.32 Å². The fraction of sp³-hybridized carbons (Fsp3) is 0.400. The number of phenols is 1. The Labute approximate surface area is 243 Å². The molecule has 10 N–H and O–H groups in total. The molecule has 1 aliphatic heterocycles. The Kier molecular flexibility index (Phi) is 11.8. The predicted molar refractivity (Wildman–Crippen MR) is 136 cm³/mol. The van der Waals surface area contributed by atoms with Crippen LogP contribution in [0.4, 0.5) is 0 Å². The van der Waals surface area contributed by atoms with Crippen molar-refractivity contribution in [3.05, 3.63) is 29.5 Å². The zero-order valence-electron chi connectivity index (χ0n) is 22.5. The van der Waals surface area contributed by atoms with Crippen molar-refractivity contribution < 1.29 is 64.0 Å². The van der Waals surface area contributed by atoms with Gasteiger partial charge in [0.05, 0.1) is 37.6 Å². The topological polar surface area (TPSA) is 323 Å². The molecule has 234 valence electrons. The molecule has 18 nitrogen and oxygen atoms in total. The summed E-state index contributed by atoms with van der Waals surface area (Å²) in [6.07, 6.45) is -1.13. The molecule has 0 spiro atoms. The van der Waals surface area contributed by atoms with Crippen molar-refractivity contribution >= 4 is 47.7 Å². The largest absolute Gasteiger partial charge is 0.550 e. The maximum atomic E-state index is 12.5. The second kappa shape index (κ2) is 15.0. The fourth-order valence-corrected chi connectivity index (χ4v) is 3.79. The number of carbonyl (C=O) groups excluding carboxylic acids is 6. The zero-order chi connectivity index (χ0) is 32.3. The van der Waals surface area contributed by atoms with Crippen LogP contribution in [0.1, 0.15) is 37.7 Å². The van der Waals surface area contributed by atoms with Crippen molar-refractivity contribution in [2.75, 3.05) is 13.2 Å². The van der Waals surface area contributed by atoms with Crippen molar-refractivity contribution in [1.82, 2.24) is 16.0 Å². The van der Waals surface area contributed by atoms with Crippen LogP contribution in [-0.2, 0) is 28.8 Å². The number of nitrogens with two attached hydrogens (primary N) is 2. The van der Waals surface area contributed by atoms with E-state index in [0.29, 0.717) is 19.4 Å². The van der Waals surface area contributed by atoms with Crippen LogP contribution in [0.15, 0.2) is 23.9 Å². The Bertz CT molecular complexity index is 1330. The van der Waals surface area contributed by atoms with Crippen molar-refractivity contribution in [3.8, 4) is 11.5 Å². The molecule has 0 unspecified atom stereocenters. The first kappa shape index (κ1) is 33.8. The highest BCUT2D eigenvalue weighted by Gasteiger charge is 2.33. The zero-order valence-corrected chi connectivity index (χ0v) is 22.5. The molecule has 2 rings (SSSR count). The van der Waals surface area contributed by atoms with E-state index < -0.39 is 84.9 Å². The van der Waals surface area contributed by atoms with Crippen molar-refractivity contribution in [2.24, 2.45) is 11.5 Å². The van der Waals surface area contributed by atoms with E-state index in [4.69, 9.17) is 16.2 Å². The van der Waals surface area contributed by atoms with Gasteiger partial charge in [0.15, 0.2) is 11.5 Å². The Balaban J connectivity index is 2.04. The van der Waals surface area contributed by atoms with Crippen LogP contribution >= 0.6 is 0 Å². The molecule has 0 bridgehead atoms. The van der Waals surface area contributed by atoms with Gasteiger partial charge in [-0.1, -0.05) is 6.07 Å². The lowest BCUT2D eigenvalue weighted by molar-refractivity contribution is -0.459. The normalized spacial score (nSPS) is 17.5. The van der Waals surface area contributed by atoms with E-state index in [0.717, 1.165) is 0 Å². The molecule has 3 amide bonds. The minimum atomic E-state index is -2.89. The van der Waals surface area contributed by atoms with Gasteiger partial charge in [-0.25, -0.2) is 0 Å². The molecule has 0 aliphatic carbocycles. The van der Waals surface area contributed by atoms with Gasteiger partial charge in [-0.05, 0) is 36.6 Å². The molecule has 0 radical (unpaired) electrons. The molecule has 0 saturated carbocycles. The SMILES string of the molecule is NC(N)=[NH+]CCC[C@@H]1NC(=O)/C(=C/c2ccc(O)c(OCC[C@](O)(CC(=O)N[C@@H](CC(=O)[O-])C(=O)[O-])C(=O)[O-])c2)NC1=O. The quantitative estimate of drug-likeness (QED) is 0.0375. The molecule has 3 atom stereocenters. The molecule has 1 heterocycles.